The minimum Gasteiger partial charge on any atom is -0.497 e. The second-order valence-electron chi connectivity index (χ2n) is 7.81. The molecule has 0 bridgehead atoms. The third kappa shape index (κ3) is 7.75. The van der Waals surface area contributed by atoms with Gasteiger partial charge in [-0.3, -0.25) is 4.79 Å². The molecule has 33 heavy (non-hydrogen) atoms. The zero-order valence-corrected chi connectivity index (χ0v) is 20.4. The number of anilines is 1. The third-order valence-corrected chi connectivity index (χ3v) is 6.20. The van der Waals surface area contributed by atoms with Gasteiger partial charge in [-0.25, -0.2) is 0 Å². The van der Waals surface area contributed by atoms with Gasteiger partial charge in [0.2, 0.25) is 6.41 Å². The van der Waals surface area contributed by atoms with Gasteiger partial charge in [0.15, 0.2) is 0 Å². The van der Waals surface area contributed by atoms with E-state index < -0.39 is 0 Å². The number of carbonyl (C=O) groups excluding carboxylic acids is 1. The van der Waals surface area contributed by atoms with Crippen molar-refractivity contribution in [2.75, 3.05) is 38.2 Å². The summed E-state index contributed by atoms with van der Waals surface area (Å²) in [6.07, 6.45) is 1.99. The molecule has 0 radical (unpaired) electrons. The molecule has 1 fully saturated rings. The van der Waals surface area contributed by atoms with Crippen LogP contribution in [-0.2, 0) is 11.2 Å². The number of hydrogen-bond donors (Lipinski definition) is 0. The Bertz CT molecular complexity index is 966. The van der Waals surface area contributed by atoms with Gasteiger partial charge < -0.3 is 18.7 Å². The minimum atomic E-state index is 0.783. The van der Waals surface area contributed by atoms with Crippen LogP contribution in [0, 0.1) is 6.92 Å². The van der Waals surface area contributed by atoms with Crippen molar-refractivity contribution in [1.82, 2.24) is 4.90 Å². The molecule has 1 amide bonds. The fraction of sp³-hybridized carbons (Fsp3) is 0.296. The Labute approximate surface area is 201 Å². The van der Waals surface area contributed by atoms with E-state index in [2.05, 4.69) is 67.3 Å². The number of hydrogen-bond acceptors (Lipinski definition) is 5. The summed E-state index contributed by atoms with van der Waals surface area (Å²) in [5, 5.41) is 0. The van der Waals surface area contributed by atoms with Crippen LogP contribution >= 0.6 is 12.0 Å². The molecule has 0 saturated carbocycles. The topological polar surface area (TPSA) is 42.0 Å². The maximum absolute atomic E-state index is 10.7. The Morgan fingerprint density at radius 2 is 1.61 bits per heavy atom. The monoisotopic (exact) mass is 464 g/mol. The van der Waals surface area contributed by atoms with Gasteiger partial charge in [-0.05, 0) is 67.4 Å². The van der Waals surface area contributed by atoms with E-state index in [4.69, 9.17) is 8.92 Å². The Morgan fingerprint density at radius 1 is 0.909 bits per heavy atom. The van der Waals surface area contributed by atoms with Crippen LogP contribution in [0.4, 0.5) is 5.69 Å². The van der Waals surface area contributed by atoms with Crippen molar-refractivity contribution in [1.29, 1.82) is 0 Å². The third-order valence-electron chi connectivity index (χ3n) is 5.46. The molecule has 5 nitrogen and oxygen atoms in total. The predicted octanol–water partition coefficient (Wildman–Crippen LogP) is 5.62. The molecule has 0 atom stereocenters. The lowest BCUT2D eigenvalue weighted by molar-refractivity contribution is -0.118. The Balaban J connectivity index is 0.000000257. The fourth-order valence-electron chi connectivity index (χ4n) is 3.38. The van der Waals surface area contributed by atoms with Crippen molar-refractivity contribution < 1.29 is 13.7 Å². The standard InChI is InChI=1S/C18H20N2O2S.C9H12O/c1-15-2-8-18(9-3-15)23-22-17-6-4-16(5-7-17)20-12-10-19(14-21)11-13-20;1-3-8-5-4-6-9(7-8)10-2/h2-9,14H,10-13H2,1H3;4-7H,3H2,1-2H3. The Kier molecular flexibility index (Phi) is 9.51. The van der Waals surface area contributed by atoms with Gasteiger partial charge >= 0.3 is 0 Å². The summed E-state index contributed by atoms with van der Waals surface area (Å²) in [7, 11) is 1.69. The lowest BCUT2D eigenvalue weighted by atomic mass is 10.2. The second kappa shape index (κ2) is 12.8. The average Bonchev–Trinajstić information content (AvgIpc) is 2.89. The largest absolute Gasteiger partial charge is 0.497 e. The first-order valence-corrected chi connectivity index (χ1v) is 11.9. The van der Waals surface area contributed by atoms with Crippen LogP contribution < -0.4 is 13.8 Å². The fourth-order valence-corrected chi connectivity index (χ4v) is 3.93. The van der Waals surface area contributed by atoms with Gasteiger partial charge in [0, 0.05) is 36.8 Å². The summed E-state index contributed by atoms with van der Waals surface area (Å²) in [5.41, 5.74) is 3.73. The van der Waals surface area contributed by atoms with E-state index in [-0.39, 0.29) is 0 Å². The van der Waals surface area contributed by atoms with Gasteiger partial charge in [0.1, 0.15) is 11.5 Å². The van der Waals surface area contributed by atoms with Crippen LogP contribution in [0.2, 0.25) is 0 Å². The maximum atomic E-state index is 10.7. The van der Waals surface area contributed by atoms with Crippen molar-refractivity contribution in [2.45, 2.75) is 25.2 Å². The molecule has 1 aliphatic heterocycles. The van der Waals surface area contributed by atoms with Crippen LogP contribution in [0.5, 0.6) is 11.5 Å². The molecule has 0 unspecified atom stereocenters. The molecule has 0 aliphatic carbocycles. The normalized spacial score (nSPS) is 13.1. The number of nitrogens with zero attached hydrogens (tertiary/aromatic N) is 2. The van der Waals surface area contributed by atoms with Crippen molar-refractivity contribution in [2.24, 2.45) is 0 Å². The van der Waals surface area contributed by atoms with Crippen LogP contribution in [0.25, 0.3) is 0 Å². The molecule has 6 heteroatoms. The average molecular weight is 465 g/mol. The van der Waals surface area contributed by atoms with E-state index in [9.17, 15) is 4.79 Å². The predicted molar refractivity (Wildman–Crippen MR) is 136 cm³/mol. The number of methoxy groups -OCH3 is 1. The summed E-state index contributed by atoms with van der Waals surface area (Å²) in [4.78, 5) is 15.9. The summed E-state index contributed by atoms with van der Waals surface area (Å²) in [6, 6.07) is 24.5. The van der Waals surface area contributed by atoms with Crippen LogP contribution in [0.3, 0.4) is 0 Å². The summed E-state index contributed by atoms with van der Waals surface area (Å²) in [6.45, 7) is 7.52. The Morgan fingerprint density at radius 3 is 2.21 bits per heavy atom. The van der Waals surface area contributed by atoms with Crippen LogP contribution in [-0.4, -0.2) is 44.6 Å². The number of ether oxygens (including phenoxy) is 1. The van der Waals surface area contributed by atoms with E-state index in [0.717, 1.165) is 55.4 Å². The molecular weight excluding hydrogens is 432 g/mol. The number of aryl methyl sites for hydroxylation is 2. The van der Waals surface area contributed by atoms with Crippen LogP contribution in [0.1, 0.15) is 18.1 Å². The van der Waals surface area contributed by atoms with Gasteiger partial charge in [0.05, 0.1) is 19.2 Å². The lowest BCUT2D eigenvalue weighted by Crippen LogP contribution is -2.45. The number of carbonyl (C=O) groups is 1. The van der Waals surface area contributed by atoms with Gasteiger partial charge in [0.25, 0.3) is 0 Å². The van der Waals surface area contributed by atoms with Crippen molar-refractivity contribution in [3.05, 3.63) is 83.9 Å². The summed E-state index contributed by atoms with van der Waals surface area (Å²) < 4.78 is 10.8. The van der Waals surface area contributed by atoms with Gasteiger partial charge in [-0.15, -0.1) is 0 Å². The molecule has 3 aromatic carbocycles. The first kappa shape index (κ1) is 24.5. The highest BCUT2D eigenvalue weighted by molar-refractivity contribution is 7.95. The smallest absolute Gasteiger partial charge is 0.209 e. The quantitative estimate of drug-likeness (QED) is 0.335. The molecule has 174 valence electrons. The highest BCUT2D eigenvalue weighted by Gasteiger charge is 2.15. The van der Waals surface area contributed by atoms with Crippen LogP contribution in [0.15, 0.2) is 77.7 Å². The van der Waals surface area contributed by atoms with E-state index in [0.29, 0.717) is 0 Å². The first-order valence-electron chi connectivity index (χ1n) is 11.2. The summed E-state index contributed by atoms with van der Waals surface area (Å²) in [5.74, 6) is 1.78. The molecule has 4 rings (SSSR count). The SMILES string of the molecule is CCc1cccc(OC)c1.Cc1ccc(SOc2ccc(N3CCN(C=O)CC3)cc2)cc1. The number of piperazine rings is 1. The number of rotatable bonds is 7. The molecule has 0 N–H and O–H groups in total. The zero-order valence-electron chi connectivity index (χ0n) is 19.6. The maximum Gasteiger partial charge on any atom is 0.209 e. The van der Waals surface area contributed by atoms with E-state index >= 15 is 0 Å². The molecule has 0 aromatic heterocycles. The second-order valence-corrected chi connectivity index (χ2v) is 8.61. The van der Waals surface area contributed by atoms with Gasteiger partial charge in [-0.1, -0.05) is 36.8 Å². The minimum absolute atomic E-state index is 0.783. The first-order chi connectivity index (χ1) is 16.1. The Hall–Kier alpha value is -3.12. The molecule has 1 heterocycles. The summed E-state index contributed by atoms with van der Waals surface area (Å²) >= 11 is 1.37. The van der Waals surface area contributed by atoms with Crippen molar-refractivity contribution >= 4 is 24.1 Å². The number of amides is 1. The number of benzene rings is 3. The van der Waals surface area contributed by atoms with E-state index in [1.807, 2.05) is 29.2 Å². The molecule has 0 spiro atoms. The molecule has 3 aromatic rings. The molecule has 1 saturated heterocycles. The van der Waals surface area contributed by atoms with Crippen molar-refractivity contribution in [3.63, 3.8) is 0 Å². The van der Waals surface area contributed by atoms with Crippen molar-refractivity contribution in [3.8, 4) is 11.5 Å². The highest BCUT2D eigenvalue weighted by atomic mass is 32.2. The van der Waals surface area contributed by atoms with E-state index in [1.165, 1.54) is 28.9 Å². The lowest BCUT2D eigenvalue weighted by Gasteiger charge is -2.34. The molecule has 1 aliphatic rings. The highest BCUT2D eigenvalue weighted by Crippen LogP contribution is 2.26. The zero-order chi connectivity index (χ0) is 23.5. The van der Waals surface area contributed by atoms with E-state index in [1.54, 1.807) is 7.11 Å². The van der Waals surface area contributed by atoms with Gasteiger partial charge in [-0.2, -0.15) is 0 Å². The molecular formula is C27H32N2O3S.